The molecular weight excluding hydrogens is 368 g/mol. The average molecular weight is 405 g/mol. The number of aryl methyl sites for hydroxylation is 1. The van der Waals surface area contributed by atoms with E-state index in [1.54, 1.807) is 0 Å². The summed E-state index contributed by atoms with van der Waals surface area (Å²) in [6, 6.07) is 4.13. The monoisotopic (exact) mass is 404 g/mol. The van der Waals surface area contributed by atoms with Crippen molar-refractivity contribution in [2.75, 3.05) is 65.7 Å². The summed E-state index contributed by atoms with van der Waals surface area (Å²) in [5.41, 5.74) is 1.26. The number of amides is 2. The van der Waals surface area contributed by atoms with Crippen LogP contribution in [0, 0.1) is 5.92 Å². The van der Waals surface area contributed by atoms with E-state index in [9.17, 15) is 4.79 Å². The van der Waals surface area contributed by atoms with Crippen LogP contribution in [0.3, 0.4) is 0 Å². The van der Waals surface area contributed by atoms with Crippen LogP contribution in [0.1, 0.15) is 31.2 Å². The quantitative estimate of drug-likeness (QED) is 0.606. The number of nitrogens with one attached hydrogen (secondary N) is 1. The van der Waals surface area contributed by atoms with Crippen molar-refractivity contribution in [2.24, 2.45) is 5.92 Å². The van der Waals surface area contributed by atoms with E-state index in [0.29, 0.717) is 12.5 Å². The van der Waals surface area contributed by atoms with Gasteiger partial charge in [0.2, 0.25) is 0 Å². The molecule has 0 unspecified atom stereocenters. The molecule has 2 saturated heterocycles. The van der Waals surface area contributed by atoms with Crippen LogP contribution in [-0.2, 0) is 15.9 Å². The second-order valence-corrected chi connectivity index (χ2v) is 7.98. The lowest BCUT2D eigenvalue weighted by Gasteiger charge is -2.31. The molecule has 0 saturated carbocycles. The number of hydrogen-bond donors (Lipinski definition) is 1. The molecule has 7 nitrogen and oxygen atoms in total. The van der Waals surface area contributed by atoms with E-state index in [2.05, 4.69) is 15.2 Å². The summed E-state index contributed by atoms with van der Waals surface area (Å²) in [5.74, 6) is 0.675. The van der Waals surface area contributed by atoms with E-state index in [-0.39, 0.29) is 6.03 Å². The maximum atomic E-state index is 12.8. The zero-order chi connectivity index (χ0) is 20.2. The molecule has 0 aromatic carbocycles. The highest BCUT2D eigenvalue weighted by Crippen LogP contribution is 2.18. The summed E-state index contributed by atoms with van der Waals surface area (Å²) >= 11 is 0. The van der Waals surface area contributed by atoms with Crippen LogP contribution in [0.5, 0.6) is 0 Å². The lowest BCUT2D eigenvalue weighted by atomic mass is 9.96. The molecule has 162 valence electrons. The number of urea groups is 1. The number of aromatic nitrogens is 1. The molecule has 3 rings (SSSR count). The van der Waals surface area contributed by atoms with Gasteiger partial charge < -0.3 is 19.7 Å². The fourth-order valence-corrected chi connectivity index (χ4v) is 3.92. The van der Waals surface area contributed by atoms with Gasteiger partial charge in [0.05, 0.1) is 13.2 Å². The van der Waals surface area contributed by atoms with Gasteiger partial charge in [-0.1, -0.05) is 0 Å². The molecule has 0 radical (unpaired) electrons. The molecule has 2 aliphatic rings. The van der Waals surface area contributed by atoms with E-state index in [1.807, 2.05) is 29.4 Å². The molecule has 1 N–H and O–H groups in total. The minimum absolute atomic E-state index is 0.0695. The van der Waals surface area contributed by atoms with Gasteiger partial charge in [0.15, 0.2) is 0 Å². The van der Waals surface area contributed by atoms with Crippen molar-refractivity contribution in [3.8, 4) is 0 Å². The zero-order valence-electron chi connectivity index (χ0n) is 17.6. The summed E-state index contributed by atoms with van der Waals surface area (Å²) in [5, 5.41) is 3.13. The predicted molar refractivity (Wildman–Crippen MR) is 113 cm³/mol. The van der Waals surface area contributed by atoms with Crippen molar-refractivity contribution in [3.05, 3.63) is 30.1 Å². The van der Waals surface area contributed by atoms with Crippen LogP contribution >= 0.6 is 0 Å². The second-order valence-electron chi connectivity index (χ2n) is 7.98. The Kier molecular flexibility index (Phi) is 9.69. The Labute approximate surface area is 174 Å². The summed E-state index contributed by atoms with van der Waals surface area (Å²) < 4.78 is 10.9. The van der Waals surface area contributed by atoms with E-state index >= 15 is 0 Å². The van der Waals surface area contributed by atoms with Gasteiger partial charge >= 0.3 is 6.03 Å². The fraction of sp³-hybridized carbons (Fsp3) is 0.727. The maximum Gasteiger partial charge on any atom is 0.317 e. The van der Waals surface area contributed by atoms with E-state index in [0.717, 1.165) is 91.3 Å². The molecule has 2 amide bonds. The average Bonchev–Trinajstić information content (AvgIpc) is 2.79. The van der Waals surface area contributed by atoms with Gasteiger partial charge in [-0.15, -0.1) is 0 Å². The Morgan fingerprint density at radius 2 is 1.83 bits per heavy atom. The third-order valence-electron chi connectivity index (χ3n) is 5.89. The Balaban J connectivity index is 1.41. The molecule has 0 aliphatic carbocycles. The molecule has 2 aliphatic heterocycles. The number of pyridine rings is 1. The van der Waals surface area contributed by atoms with Gasteiger partial charge in [0, 0.05) is 64.9 Å². The van der Waals surface area contributed by atoms with Gasteiger partial charge in [-0.3, -0.25) is 9.88 Å². The lowest BCUT2D eigenvalue weighted by Crippen LogP contribution is -2.47. The minimum atomic E-state index is 0.0695. The highest BCUT2D eigenvalue weighted by Gasteiger charge is 2.19. The SMILES string of the molecule is O=C(NCCCc1ccncc1)N(CCC1CCOCC1)CCN1CCOCC1. The van der Waals surface area contributed by atoms with Gasteiger partial charge in [-0.25, -0.2) is 4.79 Å². The van der Waals surface area contributed by atoms with Crippen molar-refractivity contribution < 1.29 is 14.3 Å². The van der Waals surface area contributed by atoms with Crippen molar-refractivity contribution in [3.63, 3.8) is 0 Å². The lowest BCUT2D eigenvalue weighted by molar-refractivity contribution is 0.0339. The first-order valence-electron chi connectivity index (χ1n) is 11.1. The van der Waals surface area contributed by atoms with Crippen LogP contribution in [0.4, 0.5) is 4.79 Å². The number of carbonyl (C=O) groups excluding carboxylic acids is 1. The first-order valence-corrected chi connectivity index (χ1v) is 11.1. The smallest absolute Gasteiger partial charge is 0.317 e. The first-order chi connectivity index (χ1) is 14.3. The van der Waals surface area contributed by atoms with Crippen molar-refractivity contribution in [1.82, 2.24) is 20.1 Å². The zero-order valence-corrected chi connectivity index (χ0v) is 17.6. The van der Waals surface area contributed by atoms with Crippen LogP contribution in [0.2, 0.25) is 0 Å². The summed E-state index contributed by atoms with van der Waals surface area (Å²) in [7, 11) is 0. The Morgan fingerprint density at radius 1 is 1.10 bits per heavy atom. The Hall–Kier alpha value is -1.70. The van der Waals surface area contributed by atoms with Crippen molar-refractivity contribution in [1.29, 1.82) is 0 Å². The predicted octanol–water partition coefficient (Wildman–Crippen LogP) is 2.17. The van der Waals surface area contributed by atoms with Crippen LogP contribution in [0.15, 0.2) is 24.5 Å². The molecule has 1 aromatic rings. The van der Waals surface area contributed by atoms with Crippen molar-refractivity contribution >= 4 is 6.03 Å². The van der Waals surface area contributed by atoms with Crippen LogP contribution in [-0.4, -0.2) is 86.5 Å². The van der Waals surface area contributed by atoms with E-state index in [1.165, 1.54) is 5.56 Å². The fourth-order valence-electron chi connectivity index (χ4n) is 3.92. The van der Waals surface area contributed by atoms with Gasteiger partial charge in [0.25, 0.3) is 0 Å². The number of nitrogens with zero attached hydrogens (tertiary/aromatic N) is 3. The topological polar surface area (TPSA) is 66.9 Å². The largest absolute Gasteiger partial charge is 0.381 e. The van der Waals surface area contributed by atoms with Crippen LogP contribution < -0.4 is 5.32 Å². The standard InChI is InChI=1S/C22H36N4O3/c27-22(24-8-1-2-20-3-9-23-10-4-20)26(11-5-21-6-16-28-17-7-21)13-12-25-14-18-29-19-15-25/h3-4,9-10,21H,1-2,5-8,11-19H2,(H,24,27). The molecule has 0 atom stereocenters. The molecule has 1 aromatic heterocycles. The van der Waals surface area contributed by atoms with Crippen LogP contribution in [0.25, 0.3) is 0 Å². The van der Waals surface area contributed by atoms with Gasteiger partial charge in [-0.05, 0) is 55.7 Å². The molecule has 0 spiro atoms. The highest BCUT2D eigenvalue weighted by atomic mass is 16.5. The highest BCUT2D eigenvalue weighted by molar-refractivity contribution is 5.74. The molecular formula is C22H36N4O3. The summed E-state index contributed by atoms with van der Waals surface area (Å²) in [4.78, 5) is 21.3. The maximum absolute atomic E-state index is 12.8. The molecule has 7 heteroatoms. The number of carbonyl (C=O) groups is 1. The molecule has 0 bridgehead atoms. The first kappa shape index (κ1) is 22.0. The Morgan fingerprint density at radius 3 is 2.59 bits per heavy atom. The second kappa shape index (κ2) is 12.8. The number of ether oxygens (including phenoxy) is 2. The normalized spacial score (nSPS) is 18.5. The summed E-state index contributed by atoms with van der Waals surface area (Å²) in [6.45, 7) is 8.45. The number of hydrogen-bond acceptors (Lipinski definition) is 5. The minimum Gasteiger partial charge on any atom is -0.381 e. The van der Waals surface area contributed by atoms with E-state index in [4.69, 9.17) is 9.47 Å². The van der Waals surface area contributed by atoms with Crippen molar-refractivity contribution in [2.45, 2.75) is 32.1 Å². The van der Waals surface area contributed by atoms with Gasteiger partial charge in [-0.2, -0.15) is 0 Å². The third-order valence-corrected chi connectivity index (χ3v) is 5.89. The Bertz CT molecular complexity index is 553. The number of rotatable bonds is 10. The molecule has 29 heavy (non-hydrogen) atoms. The third kappa shape index (κ3) is 8.28. The van der Waals surface area contributed by atoms with Gasteiger partial charge in [0.1, 0.15) is 0 Å². The number of morpholine rings is 1. The summed E-state index contributed by atoms with van der Waals surface area (Å²) in [6.07, 6.45) is 8.83. The van der Waals surface area contributed by atoms with E-state index < -0.39 is 0 Å². The molecule has 2 fully saturated rings. The molecule has 3 heterocycles.